The Morgan fingerprint density at radius 1 is 1.14 bits per heavy atom. The van der Waals surface area contributed by atoms with Gasteiger partial charge in [0, 0.05) is 12.7 Å². The SMILES string of the molecule is CCOc1ccccc1C(=O)Nc1cn(CC)nc1C(=O)NCc1ccco1. The van der Waals surface area contributed by atoms with E-state index >= 15 is 0 Å². The molecule has 0 fully saturated rings. The Hall–Kier alpha value is -3.55. The van der Waals surface area contributed by atoms with Crippen molar-refractivity contribution < 1.29 is 18.7 Å². The highest BCUT2D eigenvalue weighted by Gasteiger charge is 2.20. The highest BCUT2D eigenvalue weighted by Crippen LogP contribution is 2.21. The second-order valence-corrected chi connectivity index (χ2v) is 5.89. The molecule has 3 aromatic rings. The first-order valence-electron chi connectivity index (χ1n) is 9.03. The van der Waals surface area contributed by atoms with Crippen LogP contribution in [0.1, 0.15) is 40.5 Å². The van der Waals surface area contributed by atoms with Crippen molar-refractivity contribution in [3.63, 3.8) is 0 Å². The Morgan fingerprint density at radius 3 is 2.68 bits per heavy atom. The minimum Gasteiger partial charge on any atom is -0.493 e. The monoisotopic (exact) mass is 382 g/mol. The summed E-state index contributed by atoms with van der Waals surface area (Å²) in [4.78, 5) is 25.3. The van der Waals surface area contributed by atoms with Gasteiger partial charge in [-0.15, -0.1) is 0 Å². The van der Waals surface area contributed by atoms with Crippen LogP contribution in [0.15, 0.2) is 53.3 Å². The third kappa shape index (κ3) is 4.40. The summed E-state index contributed by atoms with van der Waals surface area (Å²) in [6.07, 6.45) is 3.16. The van der Waals surface area contributed by atoms with Crippen LogP contribution in [-0.2, 0) is 13.1 Å². The molecule has 0 unspecified atom stereocenters. The van der Waals surface area contributed by atoms with Gasteiger partial charge in [-0.1, -0.05) is 12.1 Å². The van der Waals surface area contributed by atoms with Crippen LogP contribution in [0.2, 0.25) is 0 Å². The number of benzene rings is 1. The second kappa shape index (κ2) is 8.90. The lowest BCUT2D eigenvalue weighted by molar-refractivity contribution is 0.0943. The lowest BCUT2D eigenvalue weighted by Gasteiger charge is -2.10. The van der Waals surface area contributed by atoms with Crippen molar-refractivity contribution in [1.82, 2.24) is 15.1 Å². The van der Waals surface area contributed by atoms with Gasteiger partial charge < -0.3 is 19.8 Å². The lowest BCUT2D eigenvalue weighted by atomic mass is 10.2. The highest BCUT2D eigenvalue weighted by molar-refractivity contribution is 6.09. The molecule has 2 aromatic heterocycles. The molecule has 0 aliphatic carbocycles. The molecule has 2 amide bonds. The zero-order chi connectivity index (χ0) is 19.9. The van der Waals surface area contributed by atoms with Crippen molar-refractivity contribution in [3.8, 4) is 5.75 Å². The summed E-state index contributed by atoms with van der Waals surface area (Å²) in [7, 11) is 0. The predicted molar refractivity (Wildman–Crippen MR) is 103 cm³/mol. The maximum atomic E-state index is 12.8. The summed E-state index contributed by atoms with van der Waals surface area (Å²) in [6.45, 7) is 4.97. The summed E-state index contributed by atoms with van der Waals surface area (Å²) in [5, 5.41) is 9.77. The highest BCUT2D eigenvalue weighted by atomic mass is 16.5. The van der Waals surface area contributed by atoms with Crippen LogP contribution in [0.5, 0.6) is 5.75 Å². The molecule has 2 N–H and O–H groups in total. The van der Waals surface area contributed by atoms with Crippen molar-refractivity contribution in [2.75, 3.05) is 11.9 Å². The van der Waals surface area contributed by atoms with Gasteiger partial charge in [0.15, 0.2) is 5.69 Å². The molecule has 0 aliphatic heterocycles. The van der Waals surface area contributed by atoms with Gasteiger partial charge >= 0.3 is 0 Å². The zero-order valence-corrected chi connectivity index (χ0v) is 15.8. The van der Waals surface area contributed by atoms with Crippen molar-refractivity contribution in [1.29, 1.82) is 0 Å². The number of carbonyl (C=O) groups excluding carboxylic acids is 2. The van der Waals surface area contributed by atoms with E-state index in [-0.39, 0.29) is 18.1 Å². The zero-order valence-electron chi connectivity index (χ0n) is 15.8. The van der Waals surface area contributed by atoms with Crippen molar-refractivity contribution in [2.24, 2.45) is 0 Å². The van der Waals surface area contributed by atoms with E-state index in [1.54, 1.807) is 47.3 Å². The number of anilines is 1. The number of furan rings is 1. The fraction of sp³-hybridized carbons (Fsp3) is 0.250. The van der Waals surface area contributed by atoms with Crippen LogP contribution >= 0.6 is 0 Å². The minimum absolute atomic E-state index is 0.135. The number of rotatable bonds is 8. The Bertz CT molecular complexity index is 947. The van der Waals surface area contributed by atoms with Gasteiger partial charge in [0.2, 0.25) is 0 Å². The van der Waals surface area contributed by atoms with Crippen molar-refractivity contribution in [3.05, 3.63) is 65.9 Å². The summed E-state index contributed by atoms with van der Waals surface area (Å²) >= 11 is 0. The van der Waals surface area contributed by atoms with Crippen LogP contribution in [0.25, 0.3) is 0 Å². The Morgan fingerprint density at radius 2 is 1.96 bits per heavy atom. The topological polar surface area (TPSA) is 98.4 Å². The molecule has 3 rings (SSSR count). The van der Waals surface area contributed by atoms with Crippen LogP contribution in [0.3, 0.4) is 0 Å². The fourth-order valence-corrected chi connectivity index (χ4v) is 2.63. The smallest absolute Gasteiger partial charge is 0.274 e. The maximum Gasteiger partial charge on any atom is 0.274 e. The van der Waals surface area contributed by atoms with Gasteiger partial charge in [-0.2, -0.15) is 5.10 Å². The Labute approximate surface area is 162 Å². The molecule has 0 saturated carbocycles. The summed E-state index contributed by atoms with van der Waals surface area (Å²) < 4.78 is 12.3. The molecule has 2 heterocycles. The minimum atomic E-state index is -0.406. The number of nitrogens with one attached hydrogen (secondary N) is 2. The first-order chi connectivity index (χ1) is 13.6. The molecule has 8 heteroatoms. The molecule has 0 saturated heterocycles. The first-order valence-corrected chi connectivity index (χ1v) is 9.03. The molecule has 0 aliphatic rings. The van der Waals surface area contributed by atoms with Crippen LogP contribution in [0, 0.1) is 0 Å². The number of para-hydroxylation sites is 1. The van der Waals surface area contributed by atoms with E-state index in [0.29, 0.717) is 35.9 Å². The van der Waals surface area contributed by atoms with E-state index in [9.17, 15) is 9.59 Å². The predicted octanol–water partition coefficient (Wildman–Crippen LogP) is 3.08. The number of amides is 2. The number of hydrogen-bond acceptors (Lipinski definition) is 5. The maximum absolute atomic E-state index is 12.8. The first kappa shape index (κ1) is 19.2. The third-order valence-corrected chi connectivity index (χ3v) is 3.98. The van der Waals surface area contributed by atoms with E-state index in [0.717, 1.165) is 0 Å². The Balaban J connectivity index is 1.79. The van der Waals surface area contributed by atoms with E-state index in [1.165, 1.54) is 6.26 Å². The number of aromatic nitrogens is 2. The van der Waals surface area contributed by atoms with Gasteiger partial charge in [0.05, 0.1) is 30.7 Å². The normalized spacial score (nSPS) is 10.5. The lowest BCUT2D eigenvalue weighted by Crippen LogP contribution is -2.25. The van der Waals surface area contributed by atoms with Gasteiger partial charge in [-0.3, -0.25) is 14.3 Å². The molecule has 1 aromatic carbocycles. The van der Waals surface area contributed by atoms with Crippen LogP contribution in [-0.4, -0.2) is 28.2 Å². The number of carbonyl (C=O) groups is 2. The molecule has 0 radical (unpaired) electrons. The fourth-order valence-electron chi connectivity index (χ4n) is 2.63. The number of ether oxygens (including phenoxy) is 1. The second-order valence-electron chi connectivity index (χ2n) is 5.89. The quantitative estimate of drug-likeness (QED) is 0.624. The summed E-state index contributed by atoms with van der Waals surface area (Å²) in [6, 6.07) is 10.5. The molecule has 146 valence electrons. The molecule has 0 atom stereocenters. The van der Waals surface area contributed by atoms with Gasteiger partial charge in [-0.25, -0.2) is 0 Å². The molecule has 0 bridgehead atoms. The molecular weight excluding hydrogens is 360 g/mol. The Kier molecular flexibility index (Phi) is 6.11. The third-order valence-electron chi connectivity index (χ3n) is 3.98. The number of nitrogens with zero attached hydrogens (tertiary/aromatic N) is 2. The largest absolute Gasteiger partial charge is 0.493 e. The standard InChI is InChI=1S/C20H22N4O4/c1-3-24-13-16(18(23-24)20(26)21-12-14-8-7-11-28-14)22-19(25)15-9-5-6-10-17(15)27-4-2/h5-11,13H,3-4,12H2,1-2H3,(H,21,26)(H,22,25). The van der Waals surface area contributed by atoms with E-state index in [4.69, 9.17) is 9.15 Å². The van der Waals surface area contributed by atoms with Gasteiger partial charge in [0.25, 0.3) is 11.8 Å². The number of aryl methyl sites for hydroxylation is 1. The van der Waals surface area contributed by atoms with Crippen LogP contribution in [0.4, 0.5) is 5.69 Å². The number of hydrogen-bond donors (Lipinski definition) is 2. The average Bonchev–Trinajstić information content (AvgIpc) is 3.36. The molecule has 8 nitrogen and oxygen atoms in total. The van der Waals surface area contributed by atoms with Crippen molar-refractivity contribution in [2.45, 2.75) is 26.9 Å². The van der Waals surface area contributed by atoms with Gasteiger partial charge in [-0.05, 0) is 38.1 Å². The average molecular weight is 382 g/mol. The van der Waals surface area contributed by atoms with Crippen LogP contribution < -0.4 is 15.4 Å². The van der Waals surface area contributed by atoms with Crippen molar-refractivity contribution >= 4 is 17.5 Å². The molecule has 0 spiro atoms. The van der Waals surface area contributed by atoms with Gasteiger partial charge in [0.1, 0.15) is 11.5 Å². The van der Waals surface area contributed by atoms with E-state index in [2.05, 4.69) is 15.7 Å². The van der Waals surface area contributed by atoms with E-state index < -0.39 is 5.91 Å². The molecular formula is C20H22N4O4. The van der Waals surface area contributed by atoms with E-state index in [1.807, 2.05) is 13.8 Å². The molecule has 28 heavy (non-hydrogen) atoms. The summed E-state index contributed by atoms with van der Waals surface area (Å²) in [5.41, 5.74) is 0.848. The summed E-state index contributed by atoms with van der Waals surface area (Å²) in [5.74, 6) is 0.325.